The van der Waals surface area contributed by atoms with Crippen molar-refractivity contribution in [3.05, 3.63) is 59.7 Å². The second-order valence-corrected chi connectivity index (χ2v) is 7.49. The summed E-state index contributed by atoms with van der Waals surface area (Å²) in [4.78, 5) is 25.8. The molecular weight excluding hydrogens is 342 g/mol. The number of rotatable bonds is 3. The molecule has 140 valence electrons. The smallest absolute Gasteiger partial charge is 0.410 e. The molecule has 0 unspecified atom stereocenters. The second kappa shape index (κ2) is 6.72. The molecule has 1 atom stereocenters. The Balaban J connectivity index is 1.55. The largest absolute Gasteiger partial charge is 0.480 e. The van der Waals surface area contributed by atoms with Crippen molar-refractivity contribution in [2.24, 2.45) is 0 Å². The van der Waals surface area contributed by atoms with Crippen molar-refractivity contribution in [3.63, 3.8) is 0 Å². The van der Waals surface area contributed by atoms with Gasteiger partial charge in [-0.2, -0.15) is 0 Å². The summed E-state index contributed by atoms with van der Waals surface area (Å²) in [6.07, 6.45) is 1.51. The predicted octanol–water partition coefficient (Wildman–Crippen LogP) is 4.26. The Morgan fingerprint density at radius 1 is 1.07 bits per heavy atom. The Hall–Kier alpha value is -2.82. The number of aliphatic carboxylic acids is 1. The number of carboxylic acids is 1. The number of hydrogen-bond donors (Lipinski definition) is 1. The first-order chi connectivity index (χ1) is 13.0. The molecule has 2 aromatic rings. The number of nitrogens with zero attached hydrogens (tertiary/aromatic N) is 1. The minimum absolute atomic E-state index is 0.0257. The molecule has 1 aliphatic heterocycles. The van der Waals surface area contributed by atoms with Gasteiger partial charge in [-0.25, -0.2) is 9.59 Å². The number of fused-ring (bicyclic) bond motifs is 3. The van der Waals surface area contributed by atoms with Crippen molar-refractivity contribution in [3.8, 4) is 11.1 Å². The van der Waals surface area contributed by atoms with Gasteiger partial charge in [-0.1, -0.05) is 48.5 Å². The average molecular weight is 365 g/mol. The Labute approximate surface area is 158 Å². The lowest BCUT2D eigenvalue weighted by Gasteiger charge is -2.40. The van der Waals surface area contributed by atoms with Gasteiger partial charge in [-0.05, 0) is 48.4 Å². The van der Waals surface area contributed by atoms with E-state index in [-0.39, 0.29) is 12.5 Å². The van der Waals surface area contributed by atoms with Gasteiger partial charge < -0.3 is 9.84 Å². The number of carboxylic acid groups (broad SMARTS) is 1. The molecule has 0 aromatic heterocycles. The summed E-state index contributed by atoms with van der Waals surface area (Å²) in [5.41, 5.74) is 3.43. The van der Waals surface area contributed by atoms with Crippen LogP contribution in [0.25, 0.3) is 11.1 Å². The molecule has 1 saturated heterocycles. The number of amides is 1. The molecule has 4 rings (SSSR count). The lowest BCUT2D eigenvalue weighted by Crippen LogP contribution is -2.57. The van der Waals surface area contributed by atoms with Gasteiger partial charge in [0, 0.05) is 12.5 Å². The summed E-state index contributed by atoms with van der Waals surface area (Å²) < 4.78 is 5.65. The minimum atomic E-state index is -1.19. The van der Waals surface area contributed by atoms with E-state index in [0.717, 1.165) is 24.0 Å². The van der Waals surface area contributed by atoms with Crippen LogP contribution in [0.5, 0.6) is 0 Å². The van der Waals surface area contributed by atoms with Gasteiger partial charge in [0.1, 0.15) is 12.1 Å². The number of piperidine rings is 1. The van der Waals surface area contributed by atoms with Crippen molar-refractivity contribution in [1.82, 2.24) is 4.90 Å². The topological polar surface area (TPSA) is 66.8 Å². The molecule has 0 saturated carbocycles. The number of hydrogen-bond acceptors (Lipinski definition) is 3. The first-order valence-corrected chi connectivity index (χ1v) is 9.38. The van der Waals surface area contributed by atoms with Crippen LogP contribution in [0.1, 0.15) is 43.2 Å². The van der Waals surface area contributed by atoms with Gasteiger partial charge in [0.15, 0.2) is 0 Å². The van der Waals surface area contributed by atoms with E-state index in [1.54, 1.807) is 6.92 Å². The van der Waals surface area contributed by atoms with Crippen LogP contribution in [0.15, 0.2) is 48.5 Å². The third-order valence-corrected chi connectivity index (χ3v) is 5.91. The Bertz CT molecular complexity index is 848. The normalized spacial score (nSPS) is 21.4. The third-order valence-electron chi connectivity index (χ3n) is 5.91. The van der Waals surface area contributed by atoms with Crippen molar-refractivity contribution >= 4 is 12.1 Å². The molecule has 1 fully saturated rings. The zero-order valence-corrected chi connectivity index (χ0v) is 15.4. The van der Waals surface area contributed by atoms with E-state index in [1.807, 2.05) is 24.3 Å². The highest BCUT2D eigenvalue weighted by Gasteiger charge is 2.45. The fraction of sp³-hybridized carbons (Fsp3) is 0.364. The molecule has 1 aliphatic carbocycles. The van der Waals surface area contributed by atoms with Crippen LogP contribution < -0.4 is 0 Å². The highest BCUT2D eigenvalue weighted by Crippen LogP contribution is 2.44. The minimum Gasteiger partial charge on any atom is -0.480 e. The van der Waals surface area contributed by atoms with Crippen LogP contribution in [0.4, 0.5) is 4.79 Å². The average Bonchev–Trinajstić information content (AvgIpc) is 3.00. The maximum atomic E-state index is 12.7. The molecule has 27 heavy (non-hydrogen) atoms. The van der Waals surface area contributed by atoms with E-state index in [9.17, 15) is 14.7 Å². The first-order valence-electron chi connectivity index (χ1n) is 9.38. The van der Waals surface area contributed by atoms with E-state index in [1.165, 1.54) is 16.0 Å². The SMILES string of the molecule is C[C@]1(C(=O)O)CCCCN1C(=O)OCC1c2ccccc2-c2ccccc21. The van der Waals surface area contributed by atoms with Crippen LogP contribution >= 0.6 is 0 Å². The van der Waals surface area contributed by atoms with Crippen LogP contribution in [0, 0.1) is 0 Å². The van der Waals surface area contributed by atoms with Gasteiger partial charge in [-0.3, -0.25) is 4.90 Å². The Kier molecular flexibility index (Phi) is 4.38. The lowest BCUT2D eigenvalue weighted by molar-refractivity contribution is -0.151. The predicted molar refractivity (Wildman–Crippen MR) is 102 cm³/mol. The molecule has 5 heteroatoms. The van der Waals surface area contributed by atoms with Gasteiger partial charge in [0.2, 0.25) is 0 Å². The number of likely N-dealkylation sites (tertiary alicyclic amines) is 1. The second-order valence-electron chi connectivity index (χ2n) is 7.49. The van der Waals surface area contributed by atoms with Gasteiger partial charge in [-0.15, -0.1) is 0 Å². The molecule has 5 nitrogen and oxygen atoms in total. The fourth-order valence-electron chi connectivity index (χ4n) is 4.31. The zero-order chi connectivity index (χ0) is 19.0. The van der Waals surface area contributed by atoms with Crippen LogP contribution in [0.3, 0.4) is 0 Å². The molecule has 0 bridgehead atoms. The van der Waals surface area contributed by atoms with Crippen LogP contribution in [0.2, 0.25) is 0 Å². The quantitative estimate of drug-likeness (QED) is 0.882. The van der Waals surface area contributed by atoms with Crippen molar-refractivity contribution < 1.29 is 19.4 Å². The van der Waals surface area contributed by atoms with Crippen molar-refractivity contribution in [2.75, 3.05) is 13.2 Å². The molecule has 1 N–H and O–H groups in total. The van der Waals surface area contributed by atoms with Crippen LogP contribution in [-0.4, -0.2) is 40.8 Å². The number of benzene rings is 2. The molecule has 2 aromatic carbocycles. The Morgan fingerprint density at radius 3 is 2.26 bits per heavy atom. The van der Waals surface area contributed by atoms with Gasteiger partial charge in [0.05, 0.1) is 0 Å². The number of carbonyl (C=O) groups excluding carboxylic acids is 1. The molecular formula is C22H23NO4. The van der Waals surface area contributed by atoms with Gasteiger partial charge >= 0.3 is 12.1 Å². The number of carbonyl (C=O) groups is 2. The van der Waals surface area contributed by atoms with Gasteiger partial charge in [0.25, 0.3) is 0 Å². The molecule has 0 spiro atoms. The summed E-state index contributed by atoms with van der Waals surface area (Å²) in [5, 5.41) is 9.61. The van der Waals surface area contributed by atoms with Crippen LogP contribution in [-0.2, 0) is 9.53 Å². The summed E-state index contributed by atoms with van der Waals surface area (Å²) in [6, 6.07) is 16.3. The van der Waals surface area contributed by atoms with E-state index in [4.69, 9.17) is 4.74 Å². The Morgan fingerprint density at radius 2 is 1.67 bits per heavy atom. The highest BCUT2D eigenvalue weighted by atomic mass is 16.6. The van der Waals surface area contributed by atoms with E-state index in [2.05, 4.69) is 24.3 Å². The molecule has 1 heterocycles. The summed E-state index contributed by atoms with van der Waals surface area (Å²) in [6.45, 7) is 2.23. The molecule has 1 amide bonds. The summed E-state index contributed by atoms with van der Waals surface area (Å²) in [5.74, 6) is -1.00. The number of ether oxygens (including phenoxy) is 1. The van der Waals surface area contributed by atoms with E-state index in [0.29, 0.717) is 13.0 Å². The third kappa shape index (κ3) is 2.87. The summed E-state index contributed by atoms with van der Waals surface area (Å²) >= 11 is 0. The van der Waals surface area contributed by atoms with Crippen molar-refractivity contribution in [2.45, 2.75) is 37.6 Å². The lowest BCUT2D eigenvalue weighted by atomic mass is 9.89. The maximum absolute atomic E-state index is 12.7. The monoisotopic (exact) mass is 365 g/mol. The highest BCUT2D eigenvalue weighted by molar-refractivity contribution is 5.84. The maximum Gasteiger partial charge on any atom is 0.410 e. The van der Waals surface area contributed by atoms with E-state index < -0.39 is 17.6 Å². The first kappa shape index (κ1) is 17.6. The van der Waals surface area contributed by atoms with E-state index >= 15 is 0 Å². The molecule has 2 aliphatic rings. The fourth-order valence-corrected chi connectivity index (χ4v) is 4.31. The standard InChI is InChI=1S/C22H23NO4/c1-22(20(24)25)12-6-7-13-23(22)21(26)27-14-19-17-10-4-2-8-15(17)16-9-3-5-11-18(16)19/h2-5,8-11,19H,6-7,12-14H2,1H3,(H,24,25)/t22-/m1/s1. The summed E-state index contributed by atoms with van der Waals surface area (Å²) in [7, 11) is 0. The molecule has 0 radical (unpaired) electrons. The van der Waals surface area contributed by atoms with Crippen molar-refractivity contribution in [1.29, 1.82) is 0 Å². The zero-order valence-electron chi connectivity index (χ0n) is 15.4.